The summed E-state index contributed by atoms with van der Waals surface area (Å²) in [5.74, 6) is -0.183. The predicted molar refractivity (Wildman–Crippen MR) is 327 cm³/mol. The molecule has 9 nitrogen and oxygen atoms in total. The summed E-state index contributed by atoms with van der Waals surface area (Å²) in [6.45, 7) is 3.81. The van der Waals surface area contributed by atoms with Crippen molar-refractivity contribution < 1.29 is 39.8 Å². The van der Waals surface area contributed by atoms with Crippen LogP contribution in [0.15, 0.2) is 36.5 Å². The van der Waals surface area contributed by atoms with E-state index in [1.54, 1.807) is 6.08 Å². The molecule has 1 heterocycles. The van der Waals surface area contributed by atoms with E-state index in [0.29, 0.717) is 6.42 Å². The molecule has 454 valence electrons. The van der Waals surface area contributed by atoms with Gasteiger partial charge in [-0.25, -0.2) is 0 Å². The summed E-state index contributed by atoms with van der Waals surface area (Å²) in [4.78, 5) is 13.1. The van der Waals surface area contributed by atoms with Crippen molar-refractivity contribution in [1.82, 2.24) is 5.32 Å². The third kappa shape index (κ3) is 46.7. The lowest BCUT2D eigenvalue weighted by Gasteiger charge is -2.40. The maximum absolute atomic E-state index is 13.1. The van der Waals surface area contributed by atoms with E-state index in [2.05, 4.69) is 43.5 Å². The lowest BCUT2D eigenvalue weighted by Crippen LogP contribution is -2.60. The van der Waals surface area contributed by atoms with Gasteiger partial charge in [0.2, 0.25) is 5.91 Å². The Morgan fingerprint density at radius 3 is 1.09 bits per heavy atom. The molecule has 1 aliphatic heterocycles. The molecule has 0 bridgehead atoms. The molecule has 1 fully saturated rings. The second-order valence-corrected chi connectivity index (χ2v) is 23.6. The van der Waals surface area contributed by atoms with Gasteiger partial charge in [-0.3, -0.25) is 4.79 Å². The first-order chi connectivity index (χ1) is 37.8. The first-order valence-corrected chi connectivity index (χ1v) is 33.7. The molecule has 0 aromatic rings. The molecule has 0 spiro atoms. The van der Waals surface area contributed by atoms with Crippen molar-refractivity contribution in [3.8, 4) is 0 Å². The molecular weight excluding hydrogens is 959 g/mol. The van der Waals surface area contributed by atoms with Gasteiger partial charge >= 0.3 is 0 Å². The summed E-state index contributed by atoms with van der Waals surface area (Å²) < 4.78 is 11.3. The number of nitrogens with one attached hydrogen (secondary N) is 1. The largest absolute Gasteiger partial charge is 0.394 e. The number of amides is 1. The molecule has 1 rings (SSSR count). The van der Waals surface area contributed by atoms with Gasteiger partial charge < -0.3 is 40.3 Å². The molecule has 1 amide bonds. The Morgan fingerprint density at radius 2 is 0.740 bits per heavy atom. The summed E-state index contributed by atoms with van der Waals surface area (Å²) in [6.07, 6.45) is 69.6. The standard InChI is InChI=1S/C68H129NO8/c1-3-5-7-9-11-13-15-17-19-21-23-25-27-28-29-30-31-32-33-34-36-37-39-41-43-45-47-49-51-53-55-57-62(71)61(60-76-68-67(75)66(74)65(73)63(59-70)77-68)69-64(72)58-56-54-52-50-48-46-44-42-40-38-35-26-24-22-20-18-16-14-12-10-8-6-4-2/h22,24,47,49,55,57,61-63,65-68,70-71,73-75H,3-21,23,25-46,48,50-54,56,58-60H2,1-2H3,(H,69,72)/b24-22-,49-47+,57-55+. The fourth-order valence-electron chi connectivity index (χ4n) is 10.9. The summed E-state index contributed by atoms with van der Waals surface area (Å²) >= 11 is 0. The number of carbonyl (C=O) groups is 1. The molecule has 6 N–H and O–H groups in total. The van der Waals surface area contributed by atoms with Crippen molar-refractivity contribution in [1.29, 1.82) is 0 Å². The van der Waals surface area contributed by atoms with Crippen molar-refractivity contribution in [3.05, 3.63) is 36.5 Å². The van der Waals surface area contributed by atoms with Gasteiger partial charge in [-0.15, -0.1) is 0 Å². The molecule has 7 atom stereocenters. The van der Waals surface area contributed by atoms with Crippen LogP contribution in [0.4, 0.5) is 0 Å². The van der Waals surface area contributed by atoms with Gasteiger partial charge in [0, 0.05) is 6.42 Å². The molecule has 0 aromatic carbocycles. The van der Waals surface area contributed by atoms with Crippen LogP contribution in [0.25, 0.3) is 0 Å². The maximum Gasteiger partial charge on any atom is 0.220 e. The molecule has 7 unspecified atom stereocenters. The van der Waals surface area contributed by atoms with Crippen LogP contribution in [0, 0.1) is 0 Å². The summed E-state index contributed by atoms with van der Waals surface area (Å²) in [6, 6.07) is -0.823. The van der Waals surface area contributed by atoms with E-state index >= 15 is 0 Å². The Balaban J connectivity index is 2.16. The molecule has 0 saturated carbocycles. The van der Waals surface area contributed by atoms with Crippen molar-refractivity contribution in [3.63, 3.8) is 0 Å². The Morgan fingerprint density at radius 1 is 0.429 bits per heavy atom. The number of carbonyl (C=O) groups excluding carboxylic acids is 1. The number of hydrogen-bond donors (Lipinski definition) is 6. The zero-order chi connectivity index (χ0) is 55.8. The van der Waals surface area contributed by atoms with Gasteiger partial charge in [-0.1, -0.05) is 307 Å². The van der Waals surface area contributed by atoms with Gasteiger partial charge in [-0.2, -0.15) is 0 Å². The third-order valence-corrected chi connectivity index (χ3v) is 16.2. The van der Waals surface area contributed by atoms with Crippen LogP contribution in [-0.2, 0) is 14.3 Å². The van der Waals surface area contributed by atoms with Crippen molar-refractivity contribution in [2.75, 3.05) is 13.2 Å². The normalized spacial score (nSPS) is 18.9. The molecule has 0 radical (unpaired) electrons. The van der Waals surface area contributed by atoms with Crippen molar-refractivity contribution in [2.45, 2.75) is 378 Å². The summed E-state index contributed by atoms with van der Waals surface area (Å²) in [5.41, 5.74) is 0. The molecule has 1 saturated heterocycles. The number of allylic oxidation sites excluding steroid dienone is 5. The minimum atomic E-state index is -1.57. The predicted octanol–water partition coefficient (Wildman–Crippen LogP) is 17.9. The topological polar surface area (TPSA) is 149 Å². The highest BCUT2D eigenvalue weighted by Gasteiger charge is 2.44. The number of rotatable bonds is 59. The fraction of sp³-hybridized carbons (Fsp3) is 0.897. The van der Waals surface area contributed by atoms with E-state index in [4.69, 9.17) is 9.47 Å². The molecule has 77 heavy (non-hydrogen) atoms. The average Bonchev–Trinajstić information content (AvgIpc) is 3.43. The SMILES string of the molecule is CCCCCCCCCC/C=C\CCCCCCCCCCCCCC(=O)NC(COC1OC(CO)C(O)C(O)C1O)C(O)/C=C/CC/C=C/CCCCCCCCCCCCCCCCCCCCCCCCCCC. The van der Waals surface area contributed by atoms with E-state index in [-0.39, 0.29) is 12.5 Å². The molecule has 0 aromatic heterocycles. The second kappa shape index (κ2) is 57.6. The molecule has 9 heteroatoms. The minimum Gasteiger partial charge on any atom is -0.394 e. The van der Waals surface area contributed by atoms with Crippen LogP contribution in [0.2, 0.25) is 0 Å². The zero-order valence-corrected chi connectivity index (χ0v) is 50.7. The monoisotopic (exact) mass is 1090 g/mol. The molecule has 1 aliphatic rings. The van der Waals surface area contributed by atoms with E-state index in [1.165, 1.54) is 276 Å². The van der Waals surface area contributed by atoms with Gasteiger partial charge in [0.1, 0.15) is 24.4 Å². The number of aliphatic hydroxyl groups is 5. The van der Waals surface area contributed by atoms with Crippen LogP contribution in [-0.4, -0.2) is 87.5 Å². The minimum absolute atomic E-state index is 0.183. The van der Waals surface area contributed by atoms with Gasteiger partial charge in [0.15, 0.2) is 6.29 Å². The van der Waals surface area contributed by atoms with Crippen LogP contribution in [0.1, 0.15) is 335 Å². The van der Waals surface area contributed by atoms with Crippen molar-refractivity contribution in [2.24, 2.45) is 0 Å². The Hall–Kier alpha value is -1.59. The van der Waals surface area contributed by atoms with Crippen LogP contribution in [0.3, 0.4) is 0 Å². The zero-order valence-electron chi connectivity index (χ0n) is 50.7. The van der Waals surface area contributed by atoms with Gasteiger partial charge in [-0.05, 0) is 57.8 Å². The maximum atomic E-state index is 13.1. The first kappa shape index (κ1) is 73.4. The third-order valence-electron chi connectivity index (χ3n) is 16.2. The Kier molecular flexibility index (Phi) is 55.0. The van der Waals surface area contributed by atoms with Gasteiger partial charge in [0.25, 0.3) is 0 Å². The fourth-order valence-corrected chi connectivity index (χ4v) is 10.9. The second-order valence-electron chi connectivity index (χ2n) is 23.6. The van der Waals surface area contributed by atoms with E-state index < -0.39 is 49.5 Å². The van der Waals surface area contributed by atoms with Crippen LogP contribution < -0.4 is 5.32 Å². The lowest BCUT2D eigenvalue weighted by molar-refractivity contribution is -0.302. The average molecular weight is 1090 g/mol. The molecule has 0 aliphatic carbocycles. The number of ether oxygens (including phenoxy) is 2. The van der Waals surface area contributed by atoms with Crippen LogP contribution >= 0.6 is 0 Å². The first-order valence-electron chi connectivity index (χ1n) is 33.7. The van der Waals surface area contributed by atoms with E-state index in [9.17, 15) is 30.3 Å². The van der Waals surface area contributed by atoms with E-state index in [0.717, 1.165) is 38.5 Å². The summed E-state index contributed by atoms with van der Waals surface area (Å²) in [5, 5.41) is 54.7. The quantitative estimate of drug-likeness (QED) is 0.0261. The molecular formula is C68H129NO8. The van der Waals surface area contributed by atoms with E-state index in [1.807, 2.05) is 6.08 Å². The highest BCUT2D eigenvalue weighted by atomic mass is 16.7. The van der Waals surface area contributed by atoms with Crippen molar-refractivity contribution >= 4 is 5.91 Å². The van der Waals surface area contributed by atoms with Gasteiger partial charge in [0.05, 0.1) is 25.4 Å². The summed E-state index contributed by atoms with van der Waals surface area (Å²) in [7, 11) is 0. The Labute approximate surface area is 476 Å². The number of unbranched alkanes of at least 4 members (excludes halogenated alkanes) is 45. The number of aliphatic hydroxyl groups excluding tert-OH is 5. The highest BCUT2D eigenvalue weighted by molar-refractivity contribution is 5.76. The van der Waals surface area contributed by atoms with Crippen LogP contribution in [0.5, 0.6) is 0 Å². The lowest BCUT2D eigenvalue weighted by atomic mass is 9.99. The number of hydrogen-bond acceptors (Lipinski definition) is 8. The Bertz CT molecular complexity index is 1310. The highest BCUT2D eigenvalue weighted by Crippen LogP contribution is 2.23. The smallest absolute Gasteiger partial charge is 0.220 e.